The minimum Gasteiger partial charge on any atom is -0.369 e. The predicted molar refractivity (Wildman–Crippen MR) is 120 cm³/mol. The number of hydrogen-bond acceptors (Lipinski definition) is 6. The van der Waals surface area contributed by atoms with Gasteiger partial charge in [-0.1, -0.05) is 55.3 Å². The Labute approximate surface area is 191 Å². The van der Waals surface area contributed by atoms with Crippen molar-refractivity contribution in [3.63, 3.8) is 0 Å². The lowest BCUT2D eigenvalue weighted by molar-refractivity contribution is -0.387. The molecular formula is C22H26N4O6S. The molecule has 2 amide bonds. The van der Waals surface area contributed by atoms with Crippen LogP contribution in [0.2, 0.25) is 0 Å². The minimum atomic E-state index is -4.24. The molecule has 0 unspecified atom stereocenters. The largest absolute Gasteiger partial charge is 0.369 e. The zero-order valence-electron chi connectivity index (χ0n) is 17.9. The monoisotopic (exact) mass is 474 g/mol. The smallest absolute Gasteiger partial charge is 0.289 e. The van der Waals surface area contributed by atoms with Gasteiger partial charge in [0.2, 0.25) is 21.8 Å². The van der Waals surface area contributed by atoms with Gasteiger partial charge in [-0.2, -0.15) is 0 Å². The molecule has 0 aromatic heterocycles. The molecule has 3 rings (SSSR count). The molecule has 0 heterocycles. The number of benzene rings is 2. The van der Waals surface area contributed by atoms with Gasteiger partial charge in [0.1, 0.15) is 5.41 Å². The van der Waals surface area contributed by atoms with Gasteiger partial charge in [0.15, 0.2) is 4.90 Å². The number of nitrogens with two attached hydrogens (primary N) is 1. The van der Waals surface area contributed by atoms with E-state index in [-0.39, 0.29) is 13.0 Å². The van der Waals surface area contributed by atoms with Crippen molar-refractivity contribution in [3.05, 3.63) is 70.3 Å². The fraction of sp³-hybridized carbons (Fsp3) is 0.364. The van der Waals surface area contributed by atoms with Gasteiger partial charge in [-0.25, -0.2) is 13.1 Å². The minimum absolute atomic E-state index is 0.232. The van der Waals surface area contributed by atoms with Crippen LogP contribution < -0.4 is 15.8 Å². The fourth-order valence-corrected chi connectivity index (χ4v) is 5.34. The summed E-state index contributed by atoms with van der Waals surface area (Å²) in [6.45, 7) is -0.232. The van der Waals surface area contributed by atoms with Gasteiger partial charge < -0.3 is 11.1 Å². The summed E-state index contributed by atoms with van der Waals surface area (Å²) in [6, 6.07) is 13.4. The fourth-order valence-electron chi connectivity index (χ4n) is 4.08. The third-order valence-corrected chi connectivity index (χ3v) is 7.37. The third-order valence-electron chi connectivity index (χ3n) is 5.89. The molecule has 0 aliphatic heterocycles. The topological polar surface area (TPSA) is 162 Å². The van der Waals surface area contributed by atoms with Gasteiger partial charge in [0.25, 0.3) is 5.69 Å². The summed E-state index contributed by atoms with van der Waals surface area (Å²) < 4.78 is 28.0. The summed E-state index contributed by atoms with van der Waals surface area (Å²) in [4.78, 5) is 35.2. The van der Waals surface area contributed by atoms with Crippen molar-refractivity contribution in [2.45, 2.75) is 43.0 Å². The number of para-hydroxylation sites is 1. The molecule has 1 aliphatic rings. The van der Waals surface area contributed by atoms with Crippen LogP contribution in [0.15, 0.2) is 59.5 Å². The second-order valence-electron chi connectivity index (χ2n) is 8.09. The molecule has 11 heteroatoms. The maximum absolute atomic E-state index is 13.1. The van der Waals surface area contributed by atoms with E-state index in [1.54, 1.807) is 0 Å². The van der Waals surface area contributed by atoms with E-state index in [0.717, 1.165) is 17.7 Å². The molecule has 2 aromatic rings. The lowest BCUT2D eigenvalue weighted by atomic mass is 9.84. The van der Waals surface area contributed by atoms with Crippen molar-refractivity contribution in [2.24, 2.45) is 11.1 Å². The van der Waals surface area contributed by atoms with E-state index < -0.39 is 48.8 Å². The van der Waals surface area contributed by atoms with Gasteiger partial charge in [0.05, 0.1) is 4.92 Å². The van der Waals surface area contributed by atoms with Crippen molar-refractivity contribution in [3.8, 4) is 0 Å². The van der Waals surface area contributed by atoms with E-state index in [9.17, 15) is 28.1 Å². The molecular weight excluding hydrogens is 448 g/mol. The zero-order chi connectivity index (χ0) is 24.1. The standard InChI is InChI=1S/C22H26N4O6S/c23-20(27)22(12-6-7-13-22)21(28)25-17(14-16-8-2-1-3-9-16)15-24-33(31,32)19-11-5-4-10-18(19)26(29)30/h1-5,8-11,17,24H,6-7,12-15H2,(H2,23,27)(H,25,28)/t17-/m1/s1. The Morgan fingerprint density at radius 2 is 1.67 bits per heavy atom. The number of carbonyl (C=O) groups is 2. The Kier molecular flexibility index (Phi) is 7.44. The van der Waals surface area contributed by atoms with Crippen LogP contribution in [-0.4, -0.2) is 37.7 Å². The summed E-state index contributed by atoms with van der Waals surface area (Å²) >= 11 is 0. The third kappa shape index (κ3) is 5.55. The molecule has 1 atom stereocenters. The lowest BCUT2D eigenvalue weighted by Gasteiger charge is -2.28. The summed E-state index contributed by atoms with van der Waals surface area (Å²) in [7, 11) is -4.24. The predicted octanol–water partition coefficient (Wildman–Crippen LogP) is 1.65. The average Bonchev–Trinajstić information content (AvgIpc) is 3.30. The summed E-state index contributed by atoms with van der Waals surface area (Å²) in [5.41, 5.74) is 4.53. The highest BCUT2D eigenvalue weighted by molar-refractivity contribution is 7.89. The normalized spacial score (nSPS) is 16.1. The first kappa shape index (κ1) is 24.3. The van der Waals surface area contributed by atoms with E-state index in [1.807, 2.05) is 30.3 Å². The van der Waals surface area contributed by atoms with E-state index in [0.29, 0.717) is 25.7 Å². The lowest BCUT2D eigenvalue weighted by Crippen LogP contribution is -2.53. The van der Waals surface area contributed by atoms with E-state index >= 15 is 0 Å². The Hall–Kier alpha value is -3.31. The molecule has 0 bridgehead atoms. The highest BCUT2D eigenvalue weighted by atomic mass is 32.2. The average molecular weight is 475 g/mol. The van der Waals surface area contributed by atoms with Crippen LogP contribution in [0.5, 0.6) is 0 Å². The number of rotatable bonds is 10. The summed E-state index contributed by atoms with van der Waals surface area (Å²) in [5, 5.41) is 14.0. The quantitative estimate of drug-likeness (QED) is 0.269. The molecule has 33 heavy (non-hydrogen) atoms. The van der Waals surface area contributed by atoms with Crippen molar-refractivity contribution in [1.82, 2.24) is 10.0 Å². The summed E-state index contributed by atoms with van der Waals surface area (Å²) in [5.74, 6) is -1.23. The number of hydrogen-bond donors (Lipinski definition) is 3. The number of nitro groups is 1. The molecule has 176 valence electrons. The molecule has 2 aromatic carbocycles. The maximum Gasteiger partial charge on any atom is 0.289 e. The second-order valence-corrected chi connectivity index (χ2v) is 9.83. The zero-order valence-corrected chi connectivity index (χ0v) is 18.7. The number of nitro benzene ring substituents is 1. The molecule has 10 nitrogen and oxygen atoms in total. The number of carbonyl (C=O) groups excluding carboxylic acids is 2. The van der Waals surface area contributed by atoms with Crippen LogP contribution in [0, 0.1) is 15.5 Å². The van der Waals surface area contributed by atoms with Crippen molar-refractivity contribution in [2.75, 3.05) is 6.54 Å². The van der Waals surface area contributed by atoms with E-state index in [2.05, 4.69) is 10.0 Å². The molecule has 1 fully saturated rings. The van der Waals surface area contributed by atoms with Crippen LogP contribution in [0.3, 0.4) is 0 Å². The SMILES string of the molecule is NC(=O)C1(C(=O)N[C@@H](CNS(=O)(=O)c2ccccc2[N+](=O)[O-])Cc2ccccc2)CCCC1. The first-order valence-corrected chi connectivity index (χ1v) is 12.0. The Morgan fingerprint density at radius 1 is 1.06 bits per heavy atom. The van der Waals surface area contributed by atoms with Crippen molar-refractivity contribution in [1.29, 1.82) is 0 Å². The molecule has 0 spiro atoms. The van der Waals surface area contributed by atoms with E-state index in [4.69, 9.17) is 5.73 Å². The Morgan fingerprint density at radius 3 is 2.27 bits per heavy atom. The number of primary amides is 1. The number of nitrogens with one attached hydrogen (secondary N) is 2. The number of nitrogens with zero attached hydrogens (tertiary/aromatic N) is 1. The molecule has 4 N–H and O–H groups in total. The van der Waals surface area contributed by atoms with Gasteiger partial charge in [-0.3, -0.25) is 19.7 Å². The number of sulfonamides is 1. The van der Waals surface area contributed by atoms with Crippen molar-refractivity contribution >= 4 is 27.5 Å². The van der Waals surface area contributed by atoms with Gasteiger partial charge in [0, 0.05) is 18.7 Å². The first-order valence-electron chi connectivity index (χ1n) is 10.5. The second kappa shape index (κ2) is 10.1. The summed E-state index contributed by atoms with van der Waals surface area (Å²) in [6.07, 6.45) is 2.36. The van der Waals surface area contributed by atoms with Gasteiger partial charge in [-0.15, -0.1) is 0 Å². The van der Waals surface area contributed by atoms with Crippen LogP contribution >= 0.6 is 0 Å². The Balaban J connectivity index is 1.82. The van der Waals surface area contributed by atoms with E-state index in [1.165, 1.54) is 12.1 Å². The van der Waals surface area contributed by atoms with Gasteiger partial charge in [-0.05, 0) is 30.9 Å². The van der Waals surface area contributed by atoms with Crippen LogP contribution in [0.25, 0.3) is 0 Å². The first-order chi connectivity index (χ1) is 15.7. The van der Waals surface area contributed by atoms with Crippen molar-refractivity contribution < 1.29 is 22.9 Å². The maximum atomic E-state index is 13.1. The molecule has 0 radical (unpaired) electrons. The van der Waals surface area contributed by atoms with Crippen LogP contribution in [0.1, 0.15) is 31.2 Å². The molecule has 1 aliphatic carbocycles. The van der Waals surface area contributed by atoms with Crippen LogP contribution in [0.4, 0.5) is 5.69 Å². The highest BCUT2D eigenvalue weighted by Gasteiger charge is 2.47. The Bertz CT molecular complexity index is 1130. The number of amides is 2. The van der Waals surface area contributed by atoms with Gasteiger partial charge >= 0.3 is 0 Å². The van der Waals surface area contributed by atoms with Crippen LogP contribution in [-0.2, 0) is 26.0 Å². The molecule has 1 saturated carbocycles. The highest BCUT2D eigenvalue weighted by Crippen LogP contribution is 2.38. The molecule has 0 saturated heterocycles.